The Morgan fingerprint density at radius 2 is 1.71 bits per heavy atom. The van der Waals surface area contributed by atoms with E-state index < -0.39 is 17.7 Å². The van der Waals surface area contributed by atoms with Gasteiger partial charge in [0.05, 0.1) is 24.3 Å². The average Bonchev–Trinajstić information content (AvgIpc) is 3.10. The second-order valence-corrected chi connectivity index (χ2v) is 8.48. The number of aliphatic hydroxyl groups excluding tert-OH is 1. The van der Waals surface area contributed by atoms with Gasteiger partial charge in [0.1, 0.15) is 17.3 Å². The van der Waals surface area contributed by atoms with E-state index in [1.54, 1.807) is 54.9 Å². The molecule has 1 amide bonds. The first-order valence-corrected chi connectivity index (χ1v) is 11.6. The molecule has 1 atom stereocenters. The van der Waals surface area contributed by atoms with Crippen molar-refractivity contribution in [2.75, 3.05) is 6.61 Å². The molecule has 1 fully saturated rings. The number of benzene rings is 2. The number of nitrogens with zero attached hydrogens (tertiary/aromatic N) is 2. The van der Waals surface area contributed by atoms with Crippen molar-refractivity contribution in [3.8, 4) is 11.5 Å². The smallest absolute Gasteiger partial charge is 0.295 e. The molecule has 1 aliphatic rings. The van der Waals surface area contributed by atoms with Crippen LogP contribution in [-0.4, -0.2) is 39.4 Å². The lowest BCUT2D eigenvalue weighted by molar-refractivity contribution is -0.140. The summed E-state index contributed by atoms with van der Waals surface area (Å²) in [6.07, 6.45) is 3.31. The van der Waals surface area contributed by atoms with Crippen LogP contribution in [0.5, 0.6) is 11.5 Å². The highest BCUT2D eigenvalue weighted by Gasteiger charge is 2.46. The van der Waals surface area contributed by atoms with Crippen LogP contribution in [-0.2, 0) is 16.1 Å². The van der Waals surface area contributed by atoms with Gasteiger partial charge < -0.3 is 19.5 Å². The fourth-order valence-electron chi connectivity index (χ4n) is 4.11. The zero-order valence-electron chi connectivity index (χ0n) is 20.0. The first-order chi connectivity index (χ1) is 16.9. The van der Waals surface area contributed by atoms with E-state index >= 15 is 0 Å². The number of aliphatic hydroxyl groups is 1. The summed E-state index contributed by atoms with van der Waals surface area (Å²) in [5.41, 5.74) is 1.94. The number of likely N-dealkylation sites (tertiary alicyclic amines) is 1. The van der Waals surface area contributed by atoms with E-state index in [4.69, 9.17) is 9.47 Å². The molecule has 3 aromatic rings. The fourth-order valence-corrected chi connectivity index (χ4v) is 4.11. The van der Waals surface area contributed by atoms with Crippen molar-refractivity contribution in [3.63, 3.8) is 0 Å². The lowest BCUT2D eigenvalue weighted by Gasteiger charge is -2.25. The molecule has 0 radical (unpaired) electrons. The third kappa shape index (κ3) is 5.19. The first kappa shape index (κ1) is 24.0. The third-order valence-corrected chi connectivity index (χ3v) is 5.62. The van der Waals surface area contributed by atoms with Crippen LogP contribution < -0.4 is 9.47 Å². The molecule has 2 aromatic carbocycles. The number of amides is 1. The van der Waals surface area contributed by atoms with Gasteiger partial charge >= 0.3 is 0 Å². The van der Waals surface area contributed by atoms with Crippen LogP contribution in [0.4, 0.5) is 0 Å². The van der Waals surface area contributed by atoms with Gasteiger partial charge in [-0.05, 0) is 74.4 Å². The summed E-state index contributed by atoms with van der Waals surface area (Å²) in [7, 11) is 0. The molecule has 1 aliphatic heterocycles. The standard InChI is InChI=1S/C28H28N2O5/c1-4-34-22-11-9-21(10-12-22)26(31)24-25(20-7-13-23(14-8-20)35-18(2)3)30(28(33)27(24)32)17-19-6-5-15-29-16-19/h5-16,18,25,31H,4,17H2,1-3H3/t25-/m0/s1. The van der Waals surface area contributed by atoms with Gasteiger partial charge in [0.15, 0.2) is 0 Å². The fraction of sp³-hybridized carbons (Fsp3) is 0.250. The number of hydrogen-bond acceptors (Lipinski definition) is 6. The van der Waals surface area contributed by atoms with Gasteiger partial charge in [-0.1, -0.05) is 18.2 Å². The summed E-state index contributed by atoms with van der Waals surface area (Å²) in [4.78, 5) is 32.0. The van der Waals surface area contributed by atoms with Crippen LogP contribution in [0.2, 0.25) is 0 Å². The number of Topliss-reactive ketones (excluding diaryl/α,β-unsaturated/α-hetero) is 1. The van der Waals surface area contributed by atoms with Crippen molar-refractivity contribution in [2.24, 2.45) is 0 Å². The maximum Gasteiger partial charge on any atom is 0.295 e. The van der Waals surface area contributed by atoms with Gasteiger partial charge in [0, 0.05) is 24.5 Å². The highest BCUT2D eigenvalue weighted by atomic mass is 16.5. The molecule has 1 N–H and O–H groups in total. The molecule has 7 nitrogen and oxygen atoms in total. The molecule has 0 aliphatic carbocycles. The zero-order chi connectivity index (χ0) is 24.9. The van der Waals surface area contributed by atoms with Gasteiger partial charge in [0.25, 0.3) is 11.7 Å². The van der Waals surface area contributed by atoms with Crippen LogP contribution in [0.1, 0.15) is 43.5 Å². The molecule has 2 heterocycles. The second-order valence-electron chi connectivity index (χ2n) is 8.48. The Bertz CT molecular complexity index is 1220. The first-order valence-electron chi connectivity index (χ1n) is 11.6. The predicted octanol–water partition coefficient (Wildman–Crippen LogP) is 4.89. The molecule has 0 saturated carbocycles. The maximum absolute atomic E-state index is 13.2. The van der Waals surface area contributed by atoms with Crippen LogP contribution in [0, 0.1) is 0 Å². The quantitative estimate of drug-likeness (QED) is 0.285. The number of hydrogen-bond donors (Lipinski definition) is 1. The molecule has 0 unspecified atom stereocenters. The van der Waals surface area contributed by atoms with Gasteiger partial charge in [0.2, 0.25) is 0 Å². The van der Waals surface area contributed by atoms with E-state index in [1.165, 1.54) is 4.90 Å². The van der Waals surface area contributed by atoms with Crippen molar-refractivity contribution in [1.29, 1.82) is 0 Å². The molecule has 180 valence electrons. The monoisotopic (exact) mass is 472 g/mol. The Kier molecular flexibility index (Phi) is 7.15. The van der Waals surface area contributed by atoms with E-state index in [9.17, 15) is 14.7 Å². The van der Waals surface area contributed by atoms with E-state index in [0.29, 0.717) is 29.2 Å². The molecular formula is C28H28N2O5. The molecule has 1 aromatic heterocycles. The summed E-state index contributed by atoms with van der Waals surface area (Å²) in [5.74, 6) is -0.299. The summed E-state index contributed by atoms with van der Waals surface area (Å²) >= 11 is 0. The summed E-state index contributed by atoms with van der Waals surface area (Å²) in [5, 5.41) is 11.2. The number of rotatable bonds is 8. The minimum Gasteiger partial charge on any atom is -0.507 e. The Morgan fingerprint density at radius 3 is 2.31 bits per heavy atom. The largest absolute Gasteiger partial charge is 0.507 e. The highest BCUT2D eigenvalue weighted by molar-refractivity contribution is 6.46. The number of carbonyl (C=O) groups excluding carboxylic acids is 2. The topological polar surface area (TPSA) is 89.0 Å². The van der Waals surface area contributed by atoms with Gasteiger partial charge in [-0.3, -0.25) is 14.6 Å². The zero-order valence-corrected chi connectivity index (χ0v) is 20.0. The van der Waals surface area contributed by atoms with Gasteiger partial charge in [-0.2, -0.15) is 0 Å². The van der Waals surface area contributed by atoms with Crippen molar-refractivity contribution >= 4 is 17.4 Å². The Morgan fingerprint density at radius 1 is 1.03 bits per heavy atom. The SMILES string of the molecule is CCOc1ccc(C(O)=C2C(=O)C(=O)N(Cc3cccnc3)[C@H]2c2ccc(OC(C)C)cc2)cc1. The van der Waals surface area contributed by atoms with Crippen LogP contribution >= 0.6 is 0 Å². The number of pyridine rings is 1. The number of ether oxygens (including phenoxy) is 2. The average molecular weight is 473 g/mol. The Balaban J connectivity index is 1.79. The van der Waals surface area contributed by atoms with Gasteiger partial charge in [-0.25, -0.2) is 0 Å². The van der Waals surface area contributed by atoms with E-state index in [1.807, 2.05) is 39.0 Å². The third-order valence-electron chi connectivity index (χ3n) is 5.62. The molecule has 0 bridgehead atoms. The molecule has 4 rings (SSSR count). The van der Waals surface area contributed by atoms with E-state index in [-0.39, 0.29) is 24.0 Å². The minimum absolute atomic E-state index is 0.0109. The lowest BCUT2D eigenvalue weighted by Crippen LogP contribution is -2.29. The summed E-state index contributed by atoms with van der Waals surface area (Å²) in [6, 6.07) is 16.9. The highest BCUT2D eigenvalue weighted by Crippen LogP contribution is 2.40. The number of carbonyl (C=O) groups is 2. The lowest BCUT2D eigenvalue weighted by atomic mass is 9.95. The van der Waals surface area contributed by atoms with E-state index in [0.717, 1.165) is 5.56 Å². The van der Waals surface area contributed by atoms with Gasteiger partial charge in [-0.15, -0.1) is 0 Å². The van der Waals surface area contributed by atoms with Crippen LogP contribution in [0.25, 0.3) is 5.76 Å². The Labute approximate surface area is 204 Å². The van der Waals surface area contributed by atoms with Crippen molar-refractivity contribution < 1.29 is 24.2 Å². The number of ketones is 1. The van der Waals surface area contributed by atoms with Crippen molar-refractivity contribution in [2.45, 2.75) is 39.5 Å². The normalized spacial score (nSPS) is 17.1. The van der Waals surface area contributed by atoms with Crippen LogP contribution in [0.15, 0.2) is 78.6 Å². The molecular weight excluding hydrogens is 444 g/mol. The molecule has 35 heavy (non-hydrogen) atoms. The summed E-state index contributed by atoms with van der Waals surface area (Å²) in [6.45, 7) is 6.45. The number of aromatic nitrogens is 1. The maximum atomic E-state index is 13.2. The van der Waals surface area contributed by atoms with E-state index in [2.05, 4.69) is 4.98 Å². The molecule has 0 spiro atoms. The van der Waals surface area contributed by atoms with Crippen LogP contribution in [0.3, 0.4) is 0 Å². The minimum atomic E-state index is -0.769. The molecule has 1 saturated heterocycles. The predicted molar refractivity (Wildman–Crippen MR) is 132 cm³/mol. The summed E-state index contributed by atoms with van der Waals surface area (Å²) < 4.78 is 11.2. The Hall–Kier alpha value is -4.13. The van der Waals surface area contributed by atoms with Crippen molar-refractivity contribution in [3.05, 3.63) is 95.3 Å². The second kappa shape index (κ2) is 10.4. The molecule has 7 heteroatoms. The van der Waals surface area contributed by atoms with Crippen molar-refractivity contribution in [1.82, 2.24) is 9.88 Å².